The van der Waals surface area contributed by atoms with Gasteiger partial charge in [0.2, 0.25) is 5.91 Å². The lowest BCUT2D eigenvalue weighted by Gasteiger charge is -2.21. The number of halogens is 1. The second-order valence-electron chi connectivity index (χ2n) is 4.64. The lowest BCUT2D eigenvalue weighted by atomic mass is 10.2. The van der Waals surface area contributed by atoms with E-state index in [0.29, 0.717) is 30.2 Å². The van der Waals surface area contributed by atoms with Gasteiger partial charge in [-0.1, -0.05) is 11.6 Å². The molecule has 1 saturated heterocycles. The zero-order chi connectivity index (χ0) is 14.5. The minimum absolute atomic E-state index is 0.0728. The number of carbonyl (C=O) groups excluding carboxylic acids is 1. The Morgan fingerprint density at radius 1 is 1.35 bits per heavy atom. The van der Waals surface area contributed by atoms with Gasteiger partial charge in [0.1, 0.15) is 6.04 Å². The number of aliphatic carboxylic acids is 1. The molecule has 1 atom stereocenters. The number of thioether (sulfide) groups is 1. The van der Waals surface area contributed by atoms with E-state index in [1.165, 1.54) is 4.90 Å². The normalized spacial score (nSPS) is 18.2. The van der Waals surface area contributed by atoms with Crippen LogP contribution in [0.3, 0.4) is 0 Å². The summed E-state index contributed by atoms with van der Waals surface area (Å²) in [5.41, 5.74) is 0. The molecule has 0 radical (unpaired) electrons. The lowest BCUT2D eigenvalue weighted by Crippen LogP contribution is -2.40. The molecule has 4 nitrogen and oxygen atoms in total. The largest absolute Gasteiger partial charge is 0.480 e. The Morgan fingerprint density at radius 2 is 2.05 bits per heavy atom. The predicted molar refractivity (Wildman–Crippen MR) is 79.2 cm³/mol. The average molecular weight is 314 g/mol. The third-order valence-electron chi connectivity index (χ3n) is 3.26. The van der Waals surface area contributed by atoms with Crippen LogP contribution < -0.4 is 0 Å². The maximum absolute atomic E-state index is 12.0. The first-order chi connectivity index (χ1) is 9.58. The maximum Gasteiger partial charge on any atom is 0.326 e. The standard InChI is InChI=1S/C14H16ClNO3S/c15-10-3-5-11(6-4-10)20-9-7-13(17)16-8-1-2-12(16)14(18)19/h3-6,12H,1-2,7-9H2,(H,18,19)/t12-/m1/s1. The Morgan fingerprint density at radius 3 is 2.70 bits per heavy atom. The van der Waals surface area contributed by atoms with Crippen molar-refractivity contribution in [3.8, 4) is 0 Å². The van der Waals surface area contributed by atoms with Crippen LogP contribution in [0.4, 0.5) is 0 Å². The van der Waals surface area contributed by atoms with Crippen LogP contribution in [0.15, 0.2) is 29.2 Å². The van der Waals surface area contributed by atoms with Gasteiger partial charge in [0, 0.05) is 28.6 Å². The van der Waals surface area contributed by atoms with Gasteiger partial charge in [0.25, 0.3) is 0 Å². The Labute approximate surface area is 127 Å². The molecule has 1 aliphatic heterocycles. The van der Waals surface area contributed by atoms with E-state index in [0.717, 1.165) is 11.3 Å². The van der Waals surface area contributed by atoms with Crippen LogP contribution in [0.1, 0.15) is 19.3 Å². The van der Waals surface area contributed by atoms with Gasteiger partial charge in [0.15, 0.2) is 0 Å². The molecule has 0 aromatic heterocycles. The number of hydrogen-bond acceptors (Lipinski definition) is 3. The highest BCUT2D eigenvalue weighted by Gasteiger charge is 2.33. The van der Waals surface area contributed by atoms with E-state index in [-0.39, 0.29) is 5.91 Å². The predicted octanol–water partition coefficient (Wildman–Crippen LogP) is 2.90. The quantitative estimate of drug-likeness (QED) is 0.849. The highest BCUT2D eigenvalue weighted by molar-refractivity contribution is 7.99. The monoisotopic (exact) mass is 313 g/mol. The third kappa shape index (κ3) is 3.90. The average Bonchev–Trinajstić information content (AvgIpc) is 2.90. The second-order valence-corrected chi connectivity index (χ2v) is 6.24. The van der Waals surface area contributed by atoms with Crippen LogP contribution in [0, 0.1) is 0 Å². The molecule has 20 heavy (non-hydrogen) atoms. The molecule has 1 heterocycles. The molecule has 108 valence electrons. The number of nitrogens with zero attached hydrogens (tertiary/aromatic N) is 1. The van der Waals surface area contributed by atoms with Crippen LogP contribution in [0.5, 0.6) is 0 Å². The van der Waals surface area contributed by atoms with Gasteiger partial charge in [-0.25, -0.2) is 4.79 Å². The molecule has 2 rings (SSSR count). The highest BCUT2D eigenvalue weighted by atomic mass is 35.5. The summed E-state index contributed by atoms with van der Waals surface area (Å²) in [5.74, 6) is -0.332. The van der Waals surface area contributed by atoms with Crippen molar-refractivity contribution in [3.05, 3.63) is 29.3 Å². The smallest absolute Gasteiger partial charge is 0.326 e. The summed E-state index contributed by atoms with van der Waals surface area (Å²) in [4.78, 5) is 25.6. The number of benzene rings is 1. The molecule has 0 saturated carbocycles. The van der Waals surface area contributed by atoms with Gasteiger partial charge in [-0.2, -0.15) is 0 Å². The van der Waals surface area contributed by atoms with E-state index in [2.05, 4.69) is 0 Å². The molecule has 0 spiro atoms. The van der Waals surface area contributed by atoms with E-state index in [4.69, 9.17) is 16.7 Å². The first-order valence-corrected chi connectivity index (χ1v) is 7.85. The van der Waals surface area contributed by atoms with Gasteiger partial charge < -0.3 is 10.0 Å². The molecule has 1 aliphatic rings. The zero-order valence-electron chi connectivity index (χ0n) is 10.9. The minimum atomic E-state index is -0.902. The maximum atomic E-state index is 12.0. The number of likely N-dealkylation sites (tertiary alicyclic amines) is 1. The molecule has 0 aliphatic carbocycles. The molecule has 1 amide bonds. The van der Waals surface area contributed by atoms with Gasteiger partial charge in [-0.05, 0) is 37.1 Å². The van der Waals surface area contributed by atoms with Crippen molar-refractivity contribution in [3.63, 3.8) is 0 Å². The Balaban J connectivity index is 1.80. The van der Waals surface area contributed by atoms with Crippen molar-refractivity contribution in [2.75, 3.05) is 12.3 Å². The topological polar surface area (TPSA) is 57.6 Å². The fourth-order valence-corrected chi connectivity index (χ4v) is 3.22. The van der Waals surface area contributed by atoms with Gasteiger partial charge in [-0.15, -0.1) is 11.8 Å². The van der Waals surface area contributed by atoms with Gasteiger partial charge in [-0.3, -0.25) is 4.79 Å². The fourth-order valence-electron chi connectivity index (χ4n) is 2.25. The number of carboxylic acids is 1. The van der Waals surface area contributed by atoms with Crippen molar-refractivity contribution < 1.29 is 14.7 Å². The lowest BCUT2D eigenvalue weighted by molar-refractivity contribution is -0.148. The number of carboxylic acid groups (broad SMARTS) is 1. The highest BCUT2D eigenvalue weighted by Crippen LogP contribution is 2.23. The van der Waals surface area contributed by atoms with Crippen LogP contribution in [0.25, 0.3) is 0 Å². The van der Waals surface area contributed by atoms with Crippen LogP contribution >= 0.6 is 23.4 Å². The second kappa shape index (κ2) is 6.99. The van der Waals surface area contributed by atoms with E-state index in [1.54, 1.807) is 11.8 Å². The van der Waals surface area contributed by atoms with E-state index in [9.17, 15) is 9.59 Å². The summed E-state index contributed by atoms with van der Waals surface area (Å²) in [7, 11) is 0. The zero-order valence-corrected chi connectivity index (χ0v) is 12.5. The molecular formula is C14H16ClNO3S. The Bertz CT molecular complexity index is 492. The van der Waals surface area contributed by atoms with Crippen molar-refractivity contribution in [2.45, 2.75) is 30.2 Å². The van der Waals surface area contributed by atoms with Crippen molar-refractivity contribution in [1.82, 2.24) is 4.90 Å². The van der Waals surface area contributed by atoms with E-state index >= 15 is 0 Å². The molecule has 1 aromatic carbocycles. The molecule has 1 N–H and O–H groups in total. The molecule has 1 aromatic rings. The number of rotatable bonds is 5. The SMILES string of the molecule is O=C(O)[C@H]1CCCN1C(=O)CCSc1ccc(Cl)cc1. The first kappa shape index (κ1) is 15.2. The first-order valence-electron chi connectivity index (χ1n) is 6.48. The number of hydrogen-bond donors (Lipinski definition) is 1. The van der Waals surface area contributed by atoms with Crippen molar-refractivity contribution in [1.29, 1.82) is 0 Å². The summed E-state index contributed by atoms with van der Waals surface area (Å²) in [6.45, 7) is 0.557. The van der Waals surface area contributed by atoms with E-state index in [1.807, 2.05) is 24.3 Å². The summed E-state index contributed by atoms with van der Waals surface area (Å²) in [5, 5.41) is 9.74. The van der Waals surface area contributed by atoms with Crippen LogP contribution in [0.2, 0.25) is 5.02 Å². The number of amides is 1. The number of carbonyl (C=O) groups is 2. The molecule has 0 unspecified atom stereocenters. The van der Waals surface area contributed by atoms with Crippen LogP contribution in [-0.4, -0.2) is 40.2 Å². The van der Waals surface area contributed by atoms with Gasteiger partial charge >= 0.3 is 5.97 Å². The molecule has 6 heteroatoms. The molecular weight excluding hydrogens is 298 g/mol. The summed E-state index contributed by atoms with van der Waals surface area (Å²) in [6.07, 6.45) is 1.69. The molecule has 0 bridgehead atoms. The Kier molecular flexibility index (Phi) is 5.31. The minimum Gasteiger partial charge on any atom is -0.480 e. The third-order valence-corrected chi connectivity index (χ3v) is 4.52. The van der Waals surface area contributed by atoms with Gasteiger partial charge in [0.05, 0.1) is 0 Å². The van der Waals surface area contributed by atoms with Crippen molar-refractivity contribution in [2.24, 2.45) is 0 Å². The van der Waals surface area contributed by atoms with E-state index < -0.39 is 12.0 Å². The fraction of sp³-hybridized carbons (Fsp3) is 0.429. The summed E-state index contributed by atoms with van der Waals surface area (Å²) >= 11 is 7.37. The molecule has 1 fully saturated rings. The summed E-state index contributed by atoms with van der Waals surface area (Å²) in [6, 6.07) is 6.81. The Hall–Kier alpha value is -1.20. The summed E-state index contributed by atoms with van der Waals surface area (Å²) < 4.78 is 0. The van der Waals surface area contributed by atoms with Crippen LogP contribution in [-0.2, 0) is 9.59 Å². The van der Waals surface area contributed by atoms with Crippen molar-refractivity contribution >= 4 is 35.2 Å².